The number of nitrogens with one attached hydrogen (secondary N) is 2. The van der Waals surface area contributed by atoms with Crippen LogP contribution in [0.15, 0.2) is 39.5 Å². The summed E-state index contributed by atoms with van der Waals surface area (Å²) in [5.74, 6) is 0.300. The molecule has 0 spiro atoms. The van der Waals surface area contributed by atoms with Gasteiger partial charge in [-0.15, -0.1) is 0 Å². The Morgan fingerprint density at radius 3 is 3.00 bits per heavy atom. The predicted octanol–water partition coefficient (Wildman–Crippen LogP) is 2.61. The van der Waals surface area contributed by atoms with Gasteiger partial charge < -0.3 is 19.8 Å². The highest BCUT2D eigenvalue weighted by molar-refractivity contribution is 9.10. The Hall–Kier alpha value is -1.53. The minimum atomic E-state index is -0.722. The molecule has 2 heterocycles. The van der Waals surface area contributed by atoms with E-state index < -0.39 is 6.10 Å². The predicted molar refractivity (Wildman–Crippen MR) is 73.7 cm³/mol. The van der Waals surface area contributed by atoms with Gasteiger partial charge in [-0.2, -0.15) is 0 Å². The van der Waals surface area contributed by atoms with Gasteiger partial charge in [0.1, 0.15) is 17.6 Å². The Balaban J connectivity index is 1.87. The molecule has 0 aliphatic heterocycles. The van der Waals surface area contributed by atoms with Gasteiger partial charge in [-0.3, -0.25) is 4.79 Å². The van der Waals surface area contributed by atoms with E-state index in [1.807, 2.05) is 6.92 Å². The first-order chi connectivity index (χ1) is 9.06. The van der Waals surface area contributed by atoms with Crippen molar-refractivity contribution in [2.24, 2.45) is 0 Å². The van der Waals surface area contributed by atoms with Gasteiger partial charge in [0.2, 0.25) is 0 Å². The third kappa shape index (κ3) is 3.71. The molecule has 0 saturated heterocycles. The van der Waals surface area contributed by atoms with Crippen LogP contribution in [0.4, 0.5) is 0 Å². The lowest BCUT2D eigenvalue weighted by Crippen LogP contribution is -2.33. The lowest BCUT2D eigenvalue weighted by Gasteiger charge is -2.16. The second kappa shape index (κ2) is 6.08. The maximum atomic E-state index is 11.9. The van der Waals surface area contributed by atoms with Crippen LogP contribution >= 0.6 is 15.9 Å². The van der Waals surface area contributed by atoms with Crippen molar-refractivity contribution in [2.75, 3.05) is 0 Å². The van der Waals surface area contributed by atoms with E-state index in [0.29, 0.717) is 17.9 Å². The molecular formula is C13H15BrN2O3. The highest BCUT2D eigenvalue weighted by Crippen LogP contribution is 2.18. The fourth-order valence-electron chi connectivity index (χ4n) is 1.79. The molecule has 6 heteroatoms. The first-order valence-electron chi connectivity index (χ1n) is 5.92. The molecule has 0 saturated carbocycles. The van der Waals surface area contributed by atoms with E-state index in [9.17, 15) is 9.90 Å². The Morgan fingerprint density at radius 1 is 1.63 bits per heavy atom. The summed E-state index contributed by atoms with van der Waals surface area (Å²) >= 11 is 3.27. The van der Waals surface area contributed by atoms with Gasteiger partial charge in [-0.05, 0) is 41.1 Å². The number of furan rings is 1. The molecule has 5 nitrogen and oxygen atoms in total. The standard InChI is InChI=1S/C13H15BrN2O3/c1-8(5-11(17)12-3-2-4-19-12)16-13(18)10-6-9(14)7-15-10/h2-4,6-8,11,15,17H,5H2,1H3,(H,16,18)/t8-,11+/m0/s1. The maximum absolute atomic E-state index is 11.9. The highest BCUT2D eigenvalue weighted by atomic mass is 79.9. The van der Waals surface area contributed by atoms with Crippen molar-refractivity contribution in [3.63, 3.8) is 0 Å². The van der Waals surface area contributed by atoms with Gasteiger partial charge >= 0.3 is 0 Å². The average Bonchev–Trinajstić information content (AvgIpc) is 2.98. The number of rotatable bonds is 5. The molecular weight excluding hydrogens is 312 g/mol. The van der Waals surface area contributed by atoms with Gasteiger partial charge in [0, 0.05) is 23.1 Å². The van der Waals surface area contributed by atoms with Crippen molar-refractivity contribution in [2.45, 2.75) is 25.5 Å². The molecule has 2 aromatic rings. The van der Waals surface area contributed by atoms with Crippen molar-refractivity contribution >= 4 is 21.8 Å². The van der Waals surface area contributed by atoms with Crippen LogP contribution in [0.3, 0.4) is 0 Å². The van der Waals surface area contributed by atoms with E-state index in [-0.39, 0.29) is 11.9 Å². The number of aromatic amines is 1. The lowest BCUT2D eigenvalue weighted by molar-refractivity contribution is 0.0899. The van der Waals surface area contributed by atoms with Gasteiger partial charge in [-0.25, -0.2) is 0 Å². The molecule has 0 aromatic carbocycles. The summed E-state index contributed by atoms with van der Waals surface area (Å²) in [7, 11) is 0. The number of carbonyl (C=O) groups excluding carboxylic acids is 1. The van der Waals surface area contributed by atoms with Crippen LogP contribution in [0.5, 0.6) is 0 Å². The molecule has 0 aliphatic carbocycles. The zero-order valence-corrected chi connectivity index (χ0v) is 12.0. The van der Waals surface area contributed by atoms with E-state index in [4.69, 9.17) is 4.42 Å². The number of H-pyrrole nitrogens is 1. The van der Waals surface area contributed by atoms with E-state index >= 15 is 0 Å². The molecule has 102 valence electrons. The van der Waals surface area contributed by atoms with E-state index in [1.165, 1.54) is 6.26 Å². The fraction of sp³-hybridized carbons (Fsp3) is 0.308. The zero-order chi connectivity index (χ0) is 13.8. The number of amides is 1. The van der Waals surface area contributed by atoms with E-state index in [2.05, 4.69) is 26.2 Å². The second-order valence-corrected chi connectivity index (χ2v) is 5.29. The molecule has 0 fully saturated rings. The first kappa shape index (κ1) is 13.9. The summed E-state index contributed by atoms with van der Waals surface area (Å²) in [6.07, 6.45) is 2.87. The second-order valence-electron chi connectivity index (χ2n) is 4.37. The third-order valence-electron chi connectivity index (χ3n) is 2.72. The Labute approximate surface area is 119 Å². The highest BCUT2D eigenvalue weighted by Gasteiger charge is 2.17. The van der Waals surface area contributed by atoms with Gasteiger partial charge in [0.15, 0.2) is 0 Å². The van der Waals surface area contributed by atoms with Crippen LogP contribution < -0.4 is 5.32 Å². The van der Waals surface area contributed by atoms with Crippen molar-refractivity contribution < 1.29 is 14.3 Å². The summed E-state index contributed by atoms with van der Waals surface area (Å²) in [5.41, 5.74) is 0.478. The number of hydrogen-bond acceptors (Lipinski definition) is 3. The number of carbonyl (C=O) groups is 1. The smallest absolute Gasteiger partial charge is 0.267 e. The van der Waals surface area contributed by atoms with E-state index in [0.717, 1.165) is 4.47 Å². The zero-order valence-electron chi connectivity index (χ0n) is 10.4. The molecule has 1 amide bonds. The first-order valence-corrected chi connectivity index (χ1v) is 6.72. The Kier molecular flexibility index (Phi) is 4.44. The number of halogens is 1. The topological polar surface area (TPSA) is 78.3 Å². The van der Waals surface area contributed by atoms with Gasteiger partial charge in [-0.1, -0.05) is 0 Å². The number of hydrogen-bond donors (Lipinski definition) is 3. The molecule has 2 aromatic heterocycles. The minimum absolute atomic E-state index is 0.172. The Morgan fingerprint density at radius 2 is 2.42 bits per heavy atom. The fourth-order valence-corrected chi connectivity index (χ4v) is 2.13. The van der Waals surface area contributed by atoms with Crippen LogP contribution in [0.1, 0.15) is 35.7 Å². The van der Waals surface area contributed by atoms with Gasteiger partial charge in [0.05, 0.1) is 6.26 Å². The molecule has 0 bridgehead atoms. The summed E-state index contributed by atoms with van der Waals surface area (Å²) in [4.78, 5) is 14.7. The van der Waals surface area contributed by atoms with Crippen LogP contribution in [-0.2, 0) is 0 Å². The molecule has 19 heavy (non-hydrogen) atoms. The molecule has 0 aliphatic rings. The summed E-state index contributed by atoms with van der Waals surface area (Å²) < 4.78 is 5.93. The summed E-state index contributed by atoms with van der Waals surface area (Å²) in [5, 5.41) is 12.7. The van der Waals surface area contributed by atoms with Crippen LogP contribution in [0, 0.1) is 0 Å². The molecule has 2 atom stereocenters. The van der Waals surface area contributed by atoms with Crippen LogP contribution in [0.2, 0.25) is 0 Å². The number of aliphatic hydroxyl groups is 1. The van der Waals surface area contributed by atoms with Crippen molar-refractivity contribution in [1.82, 2.24) is 10.3 Å². The van der Waals surface area contributed by atoms with Gasteiger partial charge in [0.25, 0.3) is 5.91 Å². The summed E-state index contributed by atoms with van der Waals surface area (Å²) in [6, 6.07) is 4.96. The third-order valence-corrected chi connectivity index (χ3v) is 3.18. The lowest BCUT2D eigenvalue weighted by atomic mass is 10.1. The average molecular weight is 327 g/mol. The molecule has 3 N–H and O–H groups in total. The van der Waals surface area contributed by atoms with Crippen LogP contribution in [0.25, 0.3) is 0 Å². The molecule has 0 unspecified atom stereocenters. The molecule has 0 radical (unpaired) electrons. The van der Waals surface area contributed by atoms with Crippen molar-refractivity contribution in [1.29, 1.82) is 0 Å². The Bertz CT molecular complexity index is 536. The van der Waals surface area contributed by atoms with Crippen molar-refractivity contribution in [3.05, 3.63) is 46.6 Å². The number of aliphatic hydroxyl groups excluding tert-OH is 1. The maximum Gasteiger partial charge on any atom is 0.267 e. The monoisotopic (exact) mass is 326 g/mol. The normalized spacial score (nSPS) is 14.1. The largest absolute Gasteiger partial charge is 0.467 e. The number of aromatic nitrogens is 1. The SMILES string of the molecule is C[C@@H](C[C@@H](O)c1ccco1)NC(=O)c1cc(Br)c[nH]1. The van der Waals surface area contributed by atoms with E-state index in [1.54, 1.807) is 24.4 Å². The van der Waals surface area contributed by atoms with Crippen LogP contribution in [-0.4, -0.2) is 22.0 Å². The minimum Gasteiger partial charge on any atom is -0.467 e. The molecule has 2 rings (SSSR count). The van der Waals surface area contributed by atoms with Crippen molar-refractivity contribution in [3.8, 4) is 0 Å². The quantitative estimate of drug-likeness (QED) is 0.790. The summed E-state index contributed by atoms with van der Waals surface area (Å²) in [6.45, 7) is 1.84.